The normalized spacial score (nSPS) is 11.4. The molecule has 0 atom stereocenters. The molecule has 0 unspecified atom stereocenters. The Bertz CT molecular complexity index is 857. The highest BCUT2D eigenvalue weighted by molar-refractivity contribution is 7.89. The number of sulfonamides is 1. The summed E-state index contributed by atoms with van der Waals surface area (Å²) in [5.74, 6) is -0.320. The largest absolute Gasteiger partial charge is 0.459 e. The zero-order chi connectivity index (χ0) is 19.9. The quantitative estimate of drug-likeness (QED) is 0.651. The average Bonchev–Trinajstić information content (AvgIpc) is 3.16. The number of anilines is 1. The fraction of sp³-hybridized carbons (Fsp3) is 0.333. The Morgan fingerprint density at radius 2 is 1.74 bits per heavy atom. The molecule has 7 nitrogen and oxygen atoms in total. The van der Waals surface area contributed by atoms with Crippen LogP contribution in [0.4, 0.5) is 5.69 Å². The van der Waals surface area contributed by atoms with Gasteiger partial charge in [-0.15, -0.1) is 0 Å². The fourth-order valence-corrected chi connectivity index (χ4v) is 4.28. The fourth-order valence-electron chi connectivity index (χ4n) is 2.45. The van der Waals surface area contributed by atoms with E-state index in [0.717, 1.165) is 12.8 Å². The lowest BCUT2D eigenvalue weighted by Gasteiger charge is -2.21. The molecule has 0 aliphatic rings. The number of furan rings is 1. The van der Waals surface area contributed by atoms with E-state index in [1.54, 1.807) is 18.2 Å². The summed E-state index contributed by atoms with van der Waals surface area (Å²) in [6.45, 7) is 4.87. The summed E-state index contributed by atoms with van der Waals surface area (Å²) in [7, 11) is -3.53. The first-order chi connectivity index (χ1) is 12.9. The van der Waals surface area contributed by atoms with Crippen molar-refractivity contribution in [1.29, 1.82) is 0 Å². The average molecular weight is 410 g/mol. The van der Waals surface area contributed by atoms with Crippen LogP contribution in [0.5, 0.6) is 0 Å². The molecule has 2 N–H and O–H groups in total. The summed E-state index contributed by atoms with van der Waals surface area (Å²) in [5.41, 5.74) is 0.566. The smallest absolute Gasteiger partial charge is 0.293 e. The van der Waals surface area contributed by atoms with Gasteiger partial charge in [0, 0.05) is 18.8 Å². The van der Waals surface area contributed by atoms with E-state index in [2.05, 4.69) is 10.6 Å². The third-order valence-electron chi connectivity index (χ3n) is 3.67. The second kappa shape index (κ2) is 9.63. The summed E-state index contributed by atoms with van der Waals surface area (Å²) in [6, 6.07) is 9.38. The van der Waals surface area contributed by atoms with Crippen molar-refractivity contribution in [3.63, 3.8) is 0 Å². The Balaban J connectivity index is 2.03. The van der Waals surface area contributed by atoms with Crippen molar-refractivity contribution in [2.24, 2.45) is 0 Å². The van der Waals surface area contributed by atoms with E-state index >= 15 is 0 Å². The molecule has 0 fully saturated rings. The Morgan fingerprint density at radius 3 is 2.26 bits per heavy atom. The number of nitrogens with one attached hydrogen (secondary N) is 2. The molecule has 0 spiro atoms. The SMILES string of the molecule is CCCN(CCC)S(=O)(=O)c1ccc(NC(=S)NC(=O)c2ccco2)cc1. The van der Waals surface area contributed by atoms with E-state index in [1.165, 1.54) is 28.8 Å². The molecule has 9 heteroatoms. The summed E-state index contributed by atoms with van der Waals surface area (Å²) >= 11 is 5.09. The zero-order valence-electron chi connectivity index (χ0n) is 15.3. The van der Waals surface area contributed by atoms with Gasteiger partial charge in [0.25, 0.3) is 5.91 Å². The minimum atomic E-state index is -3.53. The highest BCUT2D eigenvalue weighted by Gasteiger charge is 2.22. The zero-order valence-corrected chi connectivity index (χ0v) is 16.9. The third-order valence-corrected chi connectivity index (χ3v) is 5.79. The maximum atomic E-state index is 12.7. The number of hydrogen-bond donors (Lipinski definition) is 2. The van der Waals surface area contributed by atoms with Gasteiger partial charge in [-0.25, -0.2) is 8.42 Å². The van der Waals surface area contributed by atoms with Gasteiger partial charge in [0.2, 0.25) is 10.0 Å². The Morgan fingerprint density at radius 1 is 1.11 bits per heavy atom. The number of carbonyl (C=O) groups excluding carboxylic acids is 1. The van der Waals surface area contributed by atoms with Crippen LogP contribution in [-0.2, 0) is 10.0 Å². The first-order valence-corrected chi connectivity index (χ1v) is 10.5. The van der Waals surface area contributed by atoms with Crippen LogP contribution < -0.4 is 10.6 Å². The van der Waals surface area contributed by atoms with Gasteiger partial charge in [-0.3, -0.25) is 10.1 Å². The van der Waals surface area contributed by atoms with Crippen molar-refractivity contribution >= 4 is 38.9 Å². The molecule has 2 rings (SSSR count). The van der Waals surface area contributed by atoms with E-state index in [1.807, 2.05) is 13.8 Å². The summed E-state index contributed by atoms with van der Waals surface area (Å²) < 4.78 is 32.0. The second-order valence-corrected chi connectivity index (χ2v) is 8.16. The van der Waals surface area contributed by atoms with Crippen LogP contribution >= 0.6 is 12.2 Å². The van der Waals surface area contributed by atoms with E-state index in [-0.39, 0.29) is 15.8 Å². The van der Waals surface area contributed by atoms with Gasteiger partial charge < -0.3 is 9.73 Å². The molecule has 0 bridgehead atoms. The van der Waals surface area contributed by atoms with Crippen LogP contribution in [0, 0.1) is 0 Å². The molecule has 1 amide bonds. The van der Waals surface area contributed by atoms with Crippen LogP contribution in [0.3, 0.4) is 0 Å². The van der Waals surface area contributed by atoms with Gasteiger partial charge >= 0.3 is 0 Å². The molecule has 0 aliphatic heterocycles. The number of rotatable bonds is 8. The first-order valence-electron chi connectivity index (χ1n) is 8.64. The van der Waals surface area contributed by atoms with E-state index in [0.29, 0.717) is 18.8 Å². The first kappa shape index (κ1) is 21.1. The number of carbonyl (C=O) groups is 1. The van der Waals surface area contributed by atoms with E-state index in [9.17, 15) is 13.2 Å². The van der Waals surface area contributed by atoms with Crippen LogP contribution in [0.15, 0.2) is 52.0 Å². The number of nitrogens with zero attached hydrogens (tertiary/aromatic N) is 1. The molecule has 146 valence electrons. The Kier molecular flexibility index (Phi) is 7.52. The standard InChI is InChI=1S/C18H23N3O4S2/c1-3-11-21(12-4-2)27(23,24)15-9-7-14(8-10-15)19-18(26)20-17(22)16-6-5-13-25-16/h5-10,13H,3-4,11-12H2,1-2H3,(H2,19,20,22,26). The summed E-state index contributed by atoms with van der Waals surface area (Å²) in [4.78, 5) is 12.1. The molecule has 1 aromatic heterocycles. The van der Waals surface area contributed by atoms with Crippen molar-refractivity contribution in [3.8, 4) is 0 Å². The maximum absolute atomic E-state index is 12.7. The van der Waals surface area contributed by atoms with Crippen molar-refractivity contribution in [3.05, 3.63) is 48.4 Å². The molecule has 27 heavy (non-hydrogen) atoms. The van der Waals surface area contributed by atoms with Crippen molar-refractivity contribution in [2.45, 2.75) is 31.6 Å². The summed E-state index contributed by atoms with van der Waals surface area (Å²) in [5, 5.41) is 5.42. The third kappa shape index (κ3) is 5.62. The topological polar surface area (TPSA) is 91.7 Å². The molecule has 0 aliphatic carbocycles. The van der Waals surface area contributed by atoms with Crippen molar-refractivity contribution in [1.82, 2.24) is 9.62 Å². The number of hydrogen-bond acceptors (Lipinski definition) is 5. The monoisotopic (exact) mass is 409 g/mol. The van der Waals surface area contributed by atoms with Gasteiger partial charge in [-0.1, -0.05) is 13.8 Å². The van der Waals surface area contributed by atoms with Crippen LogP contribution in [0.1, 0.15) is 37.2 Å². The minimum absolute atomic E-state index is 0.0885. The molecular weight excluding hydrogens is 386 g/mol. The maximum Gasteiger partial charge on any atom is 0.293 e. The lowest BCUT2D eigenvalue weighted by atomic mass is 10.3. The predicted molar refractivity (Wildman–Crippen MR) is 108 cm³/mol. The van der Waals surface area contributed by atoms with Gasteiger partial charge in [0.1, 0.15) is 0 Å². The highest BCUT2D eigenvalue weighted by atomic mass is 32.2. The van der Waals surface area contributed by atoms with E-state index < -0.39 is 15.9 Å². The van der Waals surface area contributed by atoms with Crippen LogP contribution in [0.2, 0.25) is 0 Å². The molecule has 1 heterocycles. The number of amides is 1. The minimum Gasteiger partial charge on any atom is -0.459 e. The van der Waals surface area contributed by atoms with Gasteiger partial charge in [0.05, 0.1) is 11.2 Å². The Hall–Kier alpha value is -2.23. The molecule has 1 aromatic carbocycles. The second-order valence-electron chi connectivity index (χ2n) is 5.81. The van der Waals surface area contributed by atoms with Crippen molar-refractivity contribution in [2.75, 3.05) is 18.4 Å². The summed E-state index contributed by atoms with van der Waals surface area (Å²) in [6.07, 6.45) is 2.90. The van der Waals surface area contributed by atoms with Gasteiger partial charge in [-0.05, 0) is 61.5 Å². The lowest BCUT2D eigenvalue weighted by molar-refractivity contribution is 0.0950. The van der Waals surface area contributed by atoms with Gasteiger partial charge in [-0.2, -0.15) is 4.31 Å². The van der Waals surface area contributed by atoms with Crippen LogP contribution in [-0.4, -0.2) is 36.8 Å². The Labute approximate surface area is 164 Å². The molecule has 2 aromatic rings. The lowest BCUT2D eigenvalue weighted by Crippen LogP contribution is -2.34. The molecule has 0 radical (unpaired) electrons. The highest BCUT2D eigenvalue weighted by Crippen LogP contribution is 2.19. The predicted octanol–water partition coefficient (Wildman–Crippen LogP) is 3.22. The van der Waals surface area contributed by atoms with Gasteiger partial charge in [0.15, 0.2) is 10.9 Å². The number of thiocarbonyl (C=S) groups is 1. The number of benzene rings is 1. The van der Waals surface area contributed by atoms with Crippen molar-refractivity contribution < 1.29 is 17.6 Å². The molecule has 0 saturated heterocycles. The van der Waals surface area contributed by atoms with E-state index in [4.69, 9.17) is 16.6 Å². The molecular formula is C18H23N3O4S2. The van der Waals surface area contributed by atoms with Crippen LogP contribution in [0.25, 0.3) is 0 Å². The molecule has 0 saturated carbocycles.